The van der Waals surface area contributed by atoms with Crippen molar-refractivity contribution < 1.29 is 14.3 Å². The van der Waals surface area contributed by atoms with E-state index in [2.05, 4.69) is 0 Å². The van der Waals surface area contributed by atoms with Crippen LogP contribution in [-0.4, -0.2) is 30.8 Å². The molecule has 29 heavy (non-hydrogen) atoms. The van der Waals surface area contributed by atoms with Crippen molar-refractivity contribution in [3.63, 3.8) is 0 Å². The Hall–Kier alpha value is -2.53. The number of methoxy groups -OCH3 is 2. The van der Waals surface area contributed by atoms with Gasteiger partial charge in [0.05, 0.1) is 26.5 Å². The number of ether oxygens (including phenoxy) is 2. The van der Waals surface area contributed by atoms with E-state index in [1.165, 1.54) is 0 Å². The lowest BCUT2D eigenvalue weighted by Crippen LogP contribution is -2.45. The van der Waals surface area contributed by atoms with E-state index in [0.717, 1.165) is 42.5 Å². The fourth-order valence-corrected chi connectivity index (χ4v) is 4.56. The van der Waals surface area contributed by atoms with E-state index in [9.17, 15) is 4.79 Å². The maximum Gasteiger partial charge on any atom is 0.246 e. The van der Waals surface area contributed by atoms with Crippen LogP contribution in [0.3, 0.4) is 0 Å². The van der Waals surface area contributed by atoms with Crippen LogP contribution in [0.15, 0.2) is 47.6 Å². The predicted molar refractivity (Wildman–Crippen MR) is 114 cm³/mol. The van der Waals surface area contributed by atoms with Gasteiger partial charge in [-0.05, 0) is 42.7 Å². The summed E-state index contributed by atoms with van der Waals surface area (Å²) in [5, 5.41) is 7.07. The molecule has 1 fully saturated rings. The molecule has 152 valence electrons. The molecule has 0 spiro atoms. The summed E-state index contributed by atoms with van der Waals surface area (Å²) in [7, 11) is 3.25. The highest BCUT2D eigenvalue weighted by Gasteiger charge is 2.41. The van der Waals surface area contributed by atoms with Crippen molar-refractivity contribution >= 4 is 23.2 Å². The second-order valence-corrected chi connectivity index (χ2v) is 7.95. The molecular formula is C23H25ClN2O3. The van der Waals surface area contributed by atoms with Crippen molar-refractivity contribution in [3.8, 4) is 11.5 Å². The van der Waals surface area contributed by atoms with Crippen LogP contribution < -0.4 is 9.47 Å². The first-order chi connectivity index (χ1) is 14.1. The number of halogens is 1. The summed E-state index contributed by atoms with van der Waals surface area (Å²) >= 11 is 6.34. The molecule has 0 saturated heterocycles. The van der Waals surface area contributed by atoms with Gasteiger partial charge in [0.25, 0.3) is 0 Å². The van der Waals surface area contributed by atoms with Crippen molar-refractivity contribution in [2.75, 3.05) is 14.2 Å². The minimum Gasteiger partial charge on any atom is -0.493 e. The maximum absolute atomic E-state index is 13.2. The zero-order valence-electron chi connectivity index (χ0n) is 16.7. The van der Waals surface area contributed by atoms with Crippen molar-refractivity contribution in [1.82, 2.24) is 5.01 Å². The lowest BCUT2D eigenvalue weighted by Gasteiger charge is -2.38. The fraction of sp³-hybridized carbons (Fsp3) is 0.391. The van der Waals surface area contributed by atoms with Gasteiger partial charge in [-0.2, -0.15) is 5.10 Å². The van der Waals surface area contributed by atoms with Crippen LogP contribution in [0, 0.1) is 11.8 Å². The number of fused-ring (bicyclic) bond motifs is 1. The number of carbonyl (C=O) groups excluding carboxylic acids is 1. The standard InChI is InChI=1S/C23H25ClN2O3/c1-28-20-12-11-15(13-21(20)29-2)22-17-8-4-5-9-18(17)23(27)26(25-22)14-16-7-3-6-10-19(16)24/h3,6-7,10-13,17-18H,4-5,8-9,14H2,1-2H3/t17-,18+/m0/s1. The van der Waals surface area contributed by atoms with Gasteiger partial charge in [-0.25, -0.2) is 5.01 Å². The average Bonchev–Trinajstić information content (AvgIpc) is 2.76. The molecule has 0 bridgehead atoms. The summed E-state index contributed by atoms with van der Waals surface area (Å²) in [5.41, 5.74) is 2.81. The van der Waals surface area contributed by atoms with Crippen LogP contribution in [0.1, 0.15) is 36.8 Å². The molecule has 1 amide bonds. The number of rotatable bonds is 5. The van der Waals surface area contributed by atoms with Gasteiger partial charge < -0.3 is 9.47 Å². The molecule has 5 nitrogen and oxygen atoms in total. The molecule has 6 heteroatoms. The zero-order chi connectivity index (χ0) is 20.4. The van der Waals surface area contributed by atoms with E-state index in [1.807, 2.05) is 42.5 Å². The Morgan fingerprint density at radius 2 is 1.76 bits per heavy atom. The molecule has 1 aliphatic carbocycles. The number of benzene rings is 2. The van der Waals surface area contributed by atoms with Crippen molar-refractivity contribution in [2.24, 2.45) is 16.9 Å². The second-order valence-electron chi connectivity index (χ2n) is 7.54. The minimum absolute atomic E-state index is 0.0353. The largest absolute Gasteiger partial charge is 0.493 e. The molecule has 0 radical (unpaired) electrons. The van der Waals surface area contributed by atoms with E-state index < -0.39 is 0 Å². The van der Waals surface area contributed by atoms with E-state index in [-0.39, 0.29) is 17.7 Å². The van der Waals surface area contributed by atoms with Gasteiger partial charge in [-0.15, -0.1) is 0 Å². The number of hydrogen-bond acceptors (Lipinski definition) is 4. The molecule has 1 saturated carbocycles. The summed E-state index contributed by atoms with van der Waals surface area (Å²) in [5.74, 6) is 1.54. The third-order valence-electron chi connectivity index (χ3n) is 5.87. The van der Waals surface area contributed by atoms with E-state index >= 15 is 0 Å². The first-order valence-corrected chi connectivity index (χ1v) is 10.4. The Kier molecular flexibility index (Phi) is 5.76. The van der Waals surface area contributed by atoms with Gasteiger partial charge in [-0.3, -0.25) is 4.79 Å². The molecule has 2 aromatic rings. The van der Waals surface area contributed by atoms with Crippen LogP contribution in [-0.2, 0) is 11.3 Å². The van der Waals surface area contributed by atoms with Crippen LogP contribution in [0.25, 0.3) is 0 Å². The van der Waals surface area contributed by atoms with Gasteiger partial charge in [0, 0.05) is 22.4 Å². The Labute approximate surface area is 176 Å². The normalized spacial score (nSPS) is 21.4. The summed E-state index contributed by atoms with van der Waals surface area (Å²) in [6.07, 6.45) is 4.07. The average molecular weight is 413 g/mol. The highest BCUT2D eigenvalue weighted by atomic mass is 35.5. The molecule has 4 rings (SSSR count). The number of hydrogen-bond donors (Lipinski definition) is 0. The Morgan fingerprint density at radius 1 is 1.03 bits per heavy atom. The summed E-state index contributed by atoms with van der Waals surface area (Å²) < 4.78 is 10.9. The fourth-order valence-electron chi connectivity index (χ4n) is 4.37. The van der Waals surface area contributed by atoms with Gasteiger partial charge >= 0.3 is 0 Å². The molecule has 1 aliphatic heterocycles. The topological polar surface area (TPSA) is 51.1 Å². The van der Waals surface area contributed by atoms with Gasteiger partial charge in [0.15, 0.2) is 11.5 Å². The smallest absolute Gasteiger partial charge is 0.246 e. The quantitative estimate of drug-likeness (QED) is 0.701. The summed E-state index contributed by atoms with van der Waals surface area (Å²) in [6, 6.07) is 13.4. The highest BCUT2D eigenvalue weighted by molar-refractivity contribution is 6.31. The predicted octanol–water partition coefficient (Wildman–Crippen LogP) is 4.91. The Morgan fingerprint density at radius 3 is 2.48 bits per heavy atom. The van der Waals surface area contributed by atoms with Crippen LogP contribution >= 0.6 is 11.6 Å². The Bertz CT molecular complexity index is 943. The molecule has 2 atom stereocenters. The van der Waals surface area contributed by atoms with E-state index in [0.29, 0.717) is 23.1 Å². The first-order valence-electron chi connectivity index (χ1n) is 9.98. The summed E-state index contributed by atoms with van der Waals surface area (Å²) in [6.45, 7) is 0.374. The molecule has 0 aromatic heterocycles. The van der Waals surface area contributed by atoms with Crippen molar-refractivity contribution in [3.05, 3.63) is 58.6 Å². The minimum atomic E-state index is -0.0353. The lowest BCUT2D eigenvalue weighted by molar-refractivity contribution is -0.139. The number of hydrazone groups is 1. The molecule has 0 N–H and O–H groups in total. The first kappa shape index (κ1) is 19.8. The third kappa shape index (κ3) is 3.84. The van der Waals surface area contributed by atoms with Gasteiger partial charge in [-0.1, -0.05) is 42.6 Å². The molecular weight excluding hydrogens is 388 g/mol. The van der Waals surface area contributed by atoms with Crippen LogP contribution in [0.2, 0.25) is 5.02 Å². The molecule has 2 aliphatic rings. The van der Waals surface area contributed by atoms with E-state index in [4.69, 9.17) is 26.2 Å². The maximum atomic E-state index is 13.2. The SMILES string of the molecule is COc1ccc(C2=NN(Cc3ccccc3Cl)C(=O)[C@@H]3CCCC[C@H]23)cc1OC. The number of carbonyl (C=O) groups is 1. The highest BCUT2D eigenvalue weighted by Crippen LogP contribution is 2.39. The summed E-state index contributed by atoms with van der Waals surface area (Å²) in [4.78, 5) is 13.2. The molecule has 1 heterocycles. The van der Waals surface area contributed by atoms with Crippen LogP contribution in [0.4, 0.5) is 0 Å². The number of amides is 1. The zero-order valence-corrected chi connectivity index (χ0v) is 17.5. The van der Waals surface area contributed by atoms with Crippen LogP contribution in [0.5, 0.6) is 11.5 Å². The second kappa shape index (κ2) is 8.46. The number of nitrogens with zero attached hydrogens (tertiary/aromatic N) is 2. The van der Waals surface area contributed by atoms with Gasteiger partial charge in [0.2, 0.25) is 5.91 Å². The van der Waals surface area contributed by atoms with Crippen molar-refractivity contribution in [1.29, 1.82) is 0 Å². The van der Waals surface area contributed by atoms with Crippen molar-refractivity contribution in [2.45, 2.75) is 32.2 Å². The van der Waals surface area contributed by atoms with E-state index in [1.54, 1.807) is 19.2 Å². The van der Waals surface area contributed by atoms with Gasteiger partial charge in [0.1, 0.15) is 0 Å². The Balaban J connectivity index is 1.75. The molecule has 2 aromatic carbocycles. The molecule has 0 unspecified atom stereocenters. The third-order valence-corrected chi connectivity index (χ3v) is 6.24. The lowest BCUT2D eigenvalue weighted by atomic mass is 9.73. The monoisotopic (exact) mass is 412 g/mol.